The van der Waals surface area contributed by atoms with Gasteiger partial charge in [0.15, 0.2) is 0 Å². The van der Waals surface area contributed by atoms with Crippen LogP contribution in [0.25, 0.3) is 0 Å². The highest BCUT2D eigenvalue weighted by molar-refractivity contribution is 6.32. The quantitative estimate of drug-likeness (QED) is 0.495. The number of nitrogens with one attached hydrogen (secondary N) is 1. The third-order valence-corrected chi connectivity index (χ3v) is 2.14. The Labute approximate surface area is 106 Å². The second-order valence-corrected chi connectivity index (χ2v) is 3.61. The summed E-state index contributed by atoms with van der Waals surface area (Å²) in [7, 11) is 0. The molecule has 1 rings (SSSR count). The molecule has 3 N–H and O–H groups in total. The van der Waals surface area contributed by atoms with Crippen LogP contribution in [-0.4, -0.2) is 25.4 Å². The van der Waals surface area contributed by atoms with E-state index in [4.69, 9.17) is 27.5 Å². The van der Waals surface area contributed by atoms with Gasteiger partial charge in [-0.05, 0) is 18.2 Å². The van der Waals surface area contributed by atoms with Gasteiger partial charge in [-0.1, -0.05) is 11.6 Å². The second kappa shape index (κ2) is 5.92. The fourth-order valence-corrected chi connectivity index (χ4v) is 1.33. The summed E-state index contributed by atoms with van der Waals surface area (Å²) >= 11 is 5.80. The number of rotatable bonds is 5. The lowest BCUT2D eigenvalue weighted by Gasteiger charge is -2.10. The molecule has 4 nitrogen and oxygen atoms in total. The van der Waals surface area contributed by atoms with Crippen LogP contribution in [0.4, 0.5) is 13.2 Å². The average molecular weight is 283 g/mol. The Morgan fingerprint density at radius 1 is 1.33 bits per heavy atom. The summed E-state index contributed by atoms with van der Waals surface area (Å²) in [5.41, 5.74) is 5.64. The number of amidine groups is 1. The fourth-order valence-electron chi connectivity index (χ4n) is 1.09. The van der Waals surface area contributed by atoms with E-state index in [-0.39, 0.29) is 23.2 Å². The van der Waals surface area contributed by atoms with Gasteiger partial charge in [-0.3, -0.25) is 10.1 Å². The van der Waals surface area contributed by atoms with Crippen molar-refractivity contribution in [2.24, 2.45) is 5.73 Å². The van der Waals surface area contributed by atoms with Gasteiger partial charge < -0.3 is 10.5 Å². The van der Waals surface area contributed by atoms with Crippen molar-refractivity contribution in [2.45, 2.75) is 6.36 Å². The maximum absolute atomic E-state index is 11.7. The van der Waals surface area contributed by atoms with Crippen LogP contribution >= 0.6 is 11.6 Å². The van der Waals surface area contributed by atoms with Crippen molar-refractivity contribution in [3.8, 4) is 5.75 Å². The Morgan fingerprint density at radius 2 is 2.00 bits per heavy atom. The summed E-state index contributed by atoms with van der Waals surface area (Å²) in [5, 5.41) is 7.33. The van der Waals surface area contributed by atoms with Gasteiger partial charge >= 0.3 is 6.36 Å². The van der Waals surface area contributed by atoms with Crippen molar-refractivity contribution in [1.82, 2.24) is 0 Å². The SMILES string of the molecule is N=C(N)c1ccc(OCCOC(F)(F)F)c(Cl)c1. The van der Waals surface area contributed by atoms with E-state index in [1.54, 1.807) is 0 Å². The minimum absolute atomic E-state index is 0.162. The van der Waals surface area contributed by atoms with Crippen LogP contribution in [0, 0.1) is 5.41 Å². The zero-order chi connectivity index (χ0) is 13.8. The standard InChI is InChI=1S/C10H10ClF3N2O2/c11-7-5-6(9(15)16)1-2-8(7)17-3-4-18-10(12,13)14/h1-2,5H,3-4H2,(H3,15,16). The fraction of sp³-hybridized carbons (Fsp3) is 0.300. The van der Waals surface area contributed by atoms with E-state index >= 15 is 0 Å². The first-order valence-electron chi connectivity index (χ1n) is 4.77. The van der Waals surface area contributed by atoms with E-state index in [9.17, 15) is 13.2 Å². The summed E-state index contributed by atoms with van der Waals surface area (Å²) in [6.45, 7) is -0.924. The highest BCUT2D eigenvalue weighted by Crippen LogP contribution is 2.25. The molecule has 0 atom stereocenters. The van der Waals surface area contributed by atoms with Crippen molar-refractivity contribution < 1.29 is 22.6 Å². The maximum Gasteiger partial charge on any atom is 0.522 e. The highest BCUT2D eigenvalue weighted by atomic mass is 35.5. The summed E-state index contributed by atoms with van der Waals surface area (Å²) in [4.78, 5) is 0. The van der Waals surface area contributed by atoms with E-state index < -0.39 is 13.0 Å². The molecule has 1 aromatic rings. The summed E-state index contributed by atoms with van der Waals surface area (Å²) < 4.78 is 43.5. The molecule has 0 spiro atoms. The topological polar surface area (TPSA) is 68.3 Å². The summed E-state index contributed by atoms with van der Waals surface area (Å²) in [6, 6.07) is 4.30. The number of hydrogen-bond donors (Lipinski definition) is 2. The van der Waals surface area contributed by atoms with Crippen LogP contribution in [-0.2, 0) is 4.74 Å². The van der Waals surface area contributed by atoms with Gasteiger partial charge in [-0.25, -0.2) is 0 Å². The van der Waals surface area contributed by atoms with Gasteiger partial charge in [0.1, 0.15) is 18.2 Å². The van der Waals surface area contributed by atoms with Crippen LogP contribution in [0.2, 0.25) is 5.02 Å². The molecule has 0 saturated heterocycles. The third kappa shape index (κ3) is 4.80. The van der Waals surface area contributed by atoms with Crippen molar-refractivity contribution in [3.63, 3.8) is 0 Å². The zero-order valence-corrected chi connectivity index (χ0v) is 9.81. The van der Waals surface area contributed by atoms with E-state index in [1.165, 1.54) is 18.2 Å². The highest BCUT2D eigenvalue weighted by Gasteiger charge is 2.28. The predicted molar refractivity (Wildman–Crippen MR) is 60.0 cm³/mol. The minimum Gasteiger partial charge on any atom is -0.490 e. The Kier molecular flexibility index (Phi) is 4.80. The van der Waals surface area contributed by atoms with Crippen LogP contribution in [0.5, 0.6) is 5.75 Å². The molecule has 0 aliphatic heterocycles. The molecule has 0 aromatic heterocycles. The van der Waals surface area contributed by atoms with Gasteiger partial charge in [0.2, 0.25) is 0 Å². The van der Waals surface area contributed by atoms with Gasteiger partial charge in [0.25, 0.3) is 0 Å². The lowest BCUT2D eigenvalue weighted by Crippen LogP contribution is -2.18. The molecule has 0 amide bonds. The Morgan fingerprint density at radius 3 is 2.50 bits per heavy atom. The predicted octanol–water partition coefficient (Wildman–Crippen LogP) is 2.54. The summed E-state index contributed by atoms with van der Waals surface area (Å²) in [5.74, 6) is 0.0382. The van der Waals surface area contributed by atoms with Crippen LogP contribution < -0.4 is 10.5 Å². The molecule has 0 aliphatic carbocycles. The molecule has 0 heterocycles. The molecule has 8 heteroatoms. The first-order chi connectivity index (χ1) is 8.29. The van der Waals surface area contributed by atoms with Gasteiger partial charge in [0.05, 0.1) is 11.6 Å². The van der Waals surface area contributed by atoms with Crippen molar-refractivity contribution in [2.75, 3.05) is 13.2 Å². The van der Waals surface area contributed by atoms with E-state index in [2.05, 4.69) is 4.74 Å². The van der Waals surface area contributed by atoms with Crippen molar-refractivity contribution in [3.05, 3.63) is 28.8 Å². The molecule has 0 bridgehead atoms. The van der Waals surface area contributed by atoms with Gasteiger partial charge in [-0.15, -0.1) is 13.2 Å². The van der Waals surface area contributed by atoms with Crippen LogP contribution in [0.3, 0.4) is 0 Å². The molecule has 0 fully saturated rings. The largest absolute Gasteiger partial charge is 0.522 e. The molecule has 1 aromatic carbocycles. The number of alkyl halides is 3. The number of ether oxygens (including phenoxy) is 2. The first kappa shape index (κ1) is 14.6. The smallest absolute Gasteiger partial charge is 0.490 e. The molecule has 0 aliphatic rings. The number of halogens is 4. The number of nitrogens with two attached hydrogens (primary N) is 1. The molecule has 0 saturated carbocycles. The van der Waals surface area contributed by atoms with E-state index in [0.29, 0.717) is 5.56 Å². The second-order valence-electron chi connectivity index (χ2n) is 3.20. The molecular weight excluding hydrogens is 273 g/mol. The number of nitrogen functional groups attached to an aromatic ring is 1. The normalized spacial score (nSPS) is 11.3. The van der Waals surface area contributed by atoms with E-state index in [0.717, 1.165) is 0 Å². The summed E-state index contributed by atoms with van der Waals surface area (Å²) in [6.07, 6.45) is -4.67. The maximum atomic E-state index is 11.7. The molecule has 0 radical (unpaired) electrons. The minimum atomic E-state index is -4.67. The molecule has 18 heavy (non-hydrogen) atoms. The molecule has 100 valence electrons. The third-order valence-electron chi connectivity index (χ3n) is 1.85. The zero-order valence-electron chi connectivity index (χ0n) is 9.05. The lowest BCUT2D eigenvalue weighted by atomic mass is 10.2. The van der Waals surface area contributed by atoms with Crippen LogP contribution in [0.1, 0.15) is 5.56 Å². The molecular formula is C10H10ClF3N2O2. The molecule has 0 unspecified atom stereocenters. The van der Waals surface area contributed by atoms with Crippen molar-refractivity contribution in [1.29, 1.82) is 5.41 Å². The van der Waals surface area contributed by atoms with Crippen LogP contribution in [0.15, 0.2) is 18.2 Å². The van der Waals surface area contributed by atoms with Crippen molar-refractivity contribution >= 4 is 17.4 Å². The number of benzene rings is 1. The first-order valence-corrected chi connectivity index (χ1v) is 5.15. The Hall–Kier alpha value is -1.47. The monoisotopic (exact) mass is 282 g/mol. The average Bonchev–Trinajstić information content (AvgIpc) is 2.24. The lowest BCUT2D eigenvalue weighted by molar-refractivity contribution is -0.325. The van der Waals surface area contributed by atoms with E-state index in [1.807, 2.05) is 0 Å². The Bertz CT molecular complexity index is 438. The Balaban J connectivity index is 2.51. The van der Waals surface area contributed by atoms with Gasteiger partial charge in [-0.2, -0.15) is 0 Å². The van der Waals surface area contributed by atoms with Gasteiger partial charge in [0, 0.05) is 5.56 Å². The number of hydrogen-bond acceptors (Lipinski definition) is 3.